The molecule has 0 aromatic carbocycles. The highest BCUT2D eigenvalue weighted by Gasteiger charge is 2.03. The maximum Gasteiger partial charge on any atom is 0.267 e. The predicted molar refractivity (Wildman–Crippen MR) is 60.3 cm³/mol. The Morgan fingerprint density at radius 1 is 1.12 bits per heavy atom. The molecule has 0 aliphatic rings. The van der Waals surface area contributed by atoms with E-state index in [4.69, 9.17) is 5.73 Å². The van der Waals surface area contributed by atoms with Gasteiger partial charge in [0.1, 0.15) is 17.3 Å². The summed E-state index contributed by atoms with van der Waals surface area (Å²) >= 11 is 0. The van der Waals surface area contributed by atoms with Gasteiger partial charge in [-0.3, -0.25) is 4.79 Å². The average Bonchev–Trinajstić information content (AvgIpc) is 2.30. The first kappa shape index (κ1) is 10.1. The lowest BCUT2D eigenvalue weighted by Crippen LogP contribution is -2.13. The van der Waals surface area contributed by atoms with E-state index in [2.05, 4.69) is 15.3 Å². The topological polar surface area (TPSA) is 80.9 Å². The van der Waals surface area contributed by atoms with Crippen LogP contribution in [-0.2, 0) is 0 Å². The number of carbonyl (C=O) groups excluding carboxylic acids is 1. The Kier molecular flexibility index (Phi) is 2.77. The minimum atomic E-state index is -0.551. The number of nitrogens with zero attached hydrogens (tertiary/aromatic N) is 2. The molecular weight excluding hydrogens is 204 g/mol. The van der Waals surface area contributed by atoms with E-state index in [1.807, 2.05) is 12.1 Å². The van der Waals surface area contributed by atoms with Gasteiger partial charge in [-0.2, -0.15) is 0 Å². The van der Waals surface area contributed by atoms with Gasteiger partial charge in [0, 0.05) is 6.20 Å². The summed E-state index contributed by atoms with van der Waals surface area (Å²) in [7, 11) is 0. The van der Waals surface area contributed by atoms with Crippen molar-refractivity contribution in [3.63, 3.8) is 0 Å². The van der Waals surface area contributed by atoms with Crippen LogP contribution in [0.1, 0.15) is 10.5 Å². The van der Waals surface area contributed by atoms with Crippen molar-refractivity contribution in [1.29, 1.82) is 0 Å². The third kappa shape index (κ3) is 2.33. The van der Waals surface area contributed by atoms with Crippen LogP contribution in [-0.4, -0.2) is 15.9 Å². The zero-order valence-corrected chi connectivity index (χ0v) is 8.42. The van der Waals surface area contributed by atoms with E-state index < -0.39 is 5.91 Å². The van der Waals surface area contributed by atoms with E-state index in [0.717, 1.165) is 0 Å². The Morgan fingerprint density at radius 3 is 2.62 bits per heavy atom. The predicted octanol–water partition coefficient (Wildman–Crippen LogP) is 1.32. The summed E-state index contributed by atoms with van der Waals surface area (Å²) in [5.41, 5.74) is 5.35. The first-order valence-corrected chi connectivity index (χ1v) is 4.70. The third-order valence-corrected chi connectivity index (χ3v) is 1.92. The van der Waals surface area contributed by atoms with Crippen LogP contribution < -0.4 is 11.1 Å². The van der Waals surface area contributed by atoms with Crippen molar-refractivity contribution in [2.45, 2.75) is 0 Å². The zero-order valence-electron chi connectivity index (χ0n) is 8.42. The Labute approximate surface area is 92.3 Å². The summed E-state index contributed by atoms with van der Waals surface area (Å²) in [5.74, 6) is 0.649. The van der Waals surface area contributed by atoms with Crippen LogP contribution in [0.3, 0.4) is 0 Å². The van der Waals surface area contributed by atoms with Crippen LogP contribution in [0.5, 0.6) is 0 Å². The number of nitrogens with one attached hydrogen (secondary N) is 1. The number of carbonyl (C=O) groups is 1. The molecule has 0 saturated carbocycles. The molecule has 0 aliphatic heterocycles. The summed E-state index contributed by atoms with van der Waals surface area (Å²) in [4.78, 5) is 19.0. The molecule has 2 aromatic heterocycles. The van der Waals surface area contributed by atoms with Crippen LogP contribution in [0.25, 0.3) is 0 Å². The molecule has 1 amide bonds. The van der Waals surface area contributed by atoms with E-state index in [1.54, 1.807) is 30.5 Å². The number of aromatic nitrogens is 2. The number of hydrogen-bond acceptors (Lipinski definition) is 4. The molecule has 0 fully saturated rings. The van der Waals surface area contributed by atoms with Crippen LogP contribution in [0, 0.1) is 0 Å². The monoisotopic (exact) mass is 214 g/mol. The first-order chi connectivity index (χ1) is 7.75. The second-order valence-corrected chi connectivity index (χ2v) is 3.11. The van der Waals surface area contributed by atoms with Gasteiger partial charge >= 0.3 is 0 Å². The maximum absolute atomic E-state index is 10.9. The first-order valence-electron chi connectivity index (χ1n) is 4.70. The second-order valence-electron chi connectivity index (χ2n) is 3.11. The molecule has 0 bridgehead atoms. The van der Waals surface area contributed by atoms with Crippen LogP contribution in [0.4, 0.5) is 11.6 Å². The molecule has 16 heavy (non-hydrogen) atoms. The van der Waals surface area contributed by atoms with Gasteiger partial charge in [0.2, 0.25) is 0 Å². The Bertz CT molecular complexity index is 498. The van der Waals surface area contributed by atoms with Gasteiger partial charge in [-0.1, -0.05) is 12.1 Å². The lowest BCUT2D eigenvalue weighted by molar-refractivity contribution is 0.0995. The Balaban J connectivity index is 2.22. The maximum atomic E-state index is 10.9. The van der Waals surface area contributed by atoms with Crippen molar-refractivity contribution in [3.8, 4) is 0 Å². The number of primary amides is 1. The molecule has 0 saturated heterocycles. The Hall–Kier alpha value is -2.43. The molecular formula is C11H10N4O. The minimum Gasteiger partial charge on any atom is -0.364 e. The molecule has 5 heteroatoms. The highest BCUT2D eigenvalue weighted by atomic mass is 16.1. The summed E-state index contributed by atoms with van der Waals surface area (Å²) < 4.78 is 0. The fourth-order valence-corrected chi connectivity index (χ4v) is 1.21. The van der Waals surface area contributed by atoms with Gasteiger partial charge in [-0.05, 0) is 24.3 Å². The minimum absolute atomic E-state index is 0.223. The lowest BCUT2D eigenvalue weighted by Gasteiger charge is -2.04. The molecule has 0 atom stereocenters. The normalized spacial score (nSPS) is 9.75. The van der Waals surface area contributed by atoms with Gasteiger partial charge in [0.25, 0.3) is 5.91 Å². The smallest absolute Gasteiger partial charge is 0.267 e. The number of hydrogen-bond donors (Lipinski definition) is 2. The summed E-state index contributed by atoms with van der Waals surface area (Å²) in [5, 5.41) is 2.97. The third-order valence-electron chi connectivity index (χ3n) is 1.92. The van der Waals surface area contributed by atoms with Crippen LogP contribution in [0.15, 0.2) is 42.6 Å². The van der Waals surface area contributed by atoms with Crippen LogP contribution >= 0.6 is 0 Å². The lowest BCUT2D eigenvalue weighted by atomic mass is 10.3. The number of amides is 1. The van der Waals surface area contributed by atoms with Crippen molar-refractivity contribution < 1.29 is 4.79 Å². The summed E-state index contributed by atoms with van der Waals surface area (Å²) in [6.07, 6.45) is 1.67. The van der Waals surface area contributed by atoms with E-state index in [0.29, 0.717) is 11.6 Å². The van der Waals surface area contributed by atoms with E-state index in [1.165, 1.54) is 0 Å². The standard InChI is InChI=1S/C11H10N4O/c12-11(16)8-4-3-6-10(14-8)15-9-5-1-2-7-13-9/h1-7H,(H2,12,16)(H,13,14,15). The van der Waals surface area contributed by atoms with Gasteiger partial charge in [0.05, 0.1) is 0 Å². The van der Waals surface area contributed by atoms with Crippen molar-refractivity contribution in [3.05, 3.63) is 48.3 Å². The quantitative estimate of drug-likeness (QED) is 0.807. The summed E-state index contributed by atoms with van der Waals surface area (Å²) in [6, 6.07) is 10.5. The SMILES string of the molecule is NC(=O)c1cccc(Nc2ccccn2)n1. The molecule has 0 unspecified atom stereocenters. The summed E-state index contributed by atoms with van der Waals surface area (Å²) in [6.45, 7) is 0. The van der Waals surface area contributed by atoms with Gasteiger partial charge < -0.3 is 11.1 Å². The van der Waals surface area contributed by atoms with Crippen molar-refractivity contribution >= 4 is 17.5 Å². The number of nitrogens with two attached hydrogens (primary N) is 1. The largest absolute Gasteiger partial charge is 0.364 e. The molecule has 0 radical (unpaired) electrons. The molecule has 2 aromatic rings. The van der Waals surface area contributed by atoms with Crippen molar-refractivity contribution in [2.75, 3.05) is 5.32 Å². The van der Waals surface area contributed by atoms with Gasteiger partial charge in [-0.15, -0.1) is 0 Å². The highest BCUT2D eigenvalue weighted by molar-refractivity contribution is 5.91. The average molecular weight is 214 g/mol. The Morgan fingerprint density at radius 2 is 1.94 bits per heavy atom. The van der Waals surface area contributed by atoms with Crippen molar-refractivity contribution in [1.82, 2.24) is 9.97 Å². The molecule has 0 spiro atoms. The highest BCUT2D eigenvalue weighted by Crippen LogP contribution is 2.11. The number of pyridine rings is 2. The van der Waals surface area contributed by atoms with Gasteiger partial charge in [-0.25, -0.2) is 9.97 Å². The number of rotatable bonds is 3. The van der Waals surface area contributed by atoms with E-state index >= 15 is 0 Å². The molecule has 80 valence electrons. The number of anilines is 2. The molecule has 0 aliphatic carbocycles. The fourth-order valence-electron chi connectivity index (χ4n) is 1.21. The second kappa shape index (κ2) is 4.39. The van der Waals surface area contributed by atoms with Gasteiger partial charge in [0.15, 0.2) is 0 Å². The molecule has 5 nitrogen and oxygen atoms in total. The van der Waals surface area contributed by atoms with Crippen LogP contribution in [0.2, 0.25) is 0 Å². The zero-order chi connectivity index (χ0) is 11.4. The van der Waals surface area contributed by atoms with E-state index in [9.17, 15) is 4.79 Å². The van der Waals surface area contributed by atoms with E-state index in [-0.39, 0.29) is 5.69 Å². The van der Waals surface area contributed by atoms with Crippen molar-refractivity contribution in [2.24, 2.45) is 5.73 Å². The molecule has 2 heterocycles. The molecule has 2 rings (SSSR count). The fraction of sp³-hybridized carbons (Fsp3) is 0. The molecule has 3 N–H and O–H groups in total.